The Labute approximate surface area is 88.3 Å². The molecule has 0 radical (unpaired) electrons. The minimum Gasteiger partial charge on any atom is -0.0886 e. The van der Waals surface area contributed by atoms with E-state index in [2.05, 4.69) is 49.5 Å². The van der Waals surface area contributed by atoms with Crippen molar-refractivity contribution in [2.24, 2.45) is 5.92 Å². The molecule has 1 aliphatic rings. The zero-order valence-corrected chi connectivity index (χ0v) is 10.2. The second-order valence-corrected chi connectivity index (χ2v) is 7.46. The van der Waals surface area contributed by atoms with Gasteiger partial charge in [-0.2, -0.15) is 0 Å². The van der Waals surface area contributed by atoms with Crippen LogP contribution >= 0.6 is 0 Å². The average Bonchev–Trinajstić information content (AvgIpc) is 2.13. The van der Waals surface area contributed by atoms with Gasteiger partial charge >= 0.3 is 0 Å². The Hall–Kier alpha value is -0.823. The summed E-state index contributed by atoms with van der Waals surface area (Å²) in [6, 6.07) is 10.9. The molecule has 0 aromatic heterocycles. The summed E-state index contributed by atoms with van der Waals surface area (Å²) in [5.41, 5.74) is 1.50. The van der Waals surface area contributed by atoms with E-state index in [0.29, 0.717) is 0 Å². The van der Waals surface area contributed by atoms with Crippen molar-refractivity contribution in [2.45, 2.75) is 25.9 Å². The van der Waals surface area contributed by atoms with Gasteiger partial charge in [0.1, 0.15) is 0 Å². The van der Waals surface area contributed by atoms with Crippen LogP contribution in [0.1, 0.15) is 12.0 Å². The molecule has 74 valence electrons. The van der Waals surface area contributed by atoms with Crippen molar-refractivity contribution in [3.63, 3.8) is 0 Å². The maximum Gasteiger partial charge on any atom is 0.0595 e. The van der Waals surface area contributed by atoms with Crippen molar-refractivity contribution >= 4 is 8.80 Å². The Morgan fingerprint density at radius 2 is 1.93 bits per heavy atom. The number of allylic oxidation sites excluding steroid dienone is 2. The molecule has 1 aromatic rings. The molecule has 0 fully saturated rings. The minimum atomic E-state index is -0.516. The monoisotopic (exact) mass is 202 g/mol. The molecule has 0 spiro atoms. The van der Waals surface area contributed by atoms with Crippen LogP contribution in [0.5, 0.6) is 0 Å². The Morgan fingerprint density at radius 3 is 2.43 bits per heavy atom. The first-order chi connectivity index (χ1) is 6.77. The highest BCUT2D eigenvalue weighted by atomic mass is 28.3. The summed E-state index contributed by atoms with van der Waals surface area (Å²) in [4.78, 5) is 0. The fourth-order valence-corrected chi connectivity index (χ4v) is 4.03. The molecule has 0 saturated carbocycles. The highest BCUT2D eigenvalue weighted by Crippen LogP contribution is 2.31. The lowest BCUT2D eigenvalue weighted by Gasteiger charge is -2.30. The summed E-state index contributed by atoms with van der Waals surface area (Å²) in [5.74, 6) is 0.879. The van der Waals surface area contributed by atoms with Gasteiger partial charge in [-0.25, -0.2) is 0 Å². The van der Waals surface area contributed by atoms with Gasteiger partial charge in [-0.15, -0.1) is 0 Å². The summed E-state index contributed by atoms with van der Waals surface area (Å²) in [7, 11) is -0.516. The molecule has 1 aliphatic carbocycles. The highest BCUT2D eigenvalue weighted by Gasteiger charge is 2.23. The molecular weight excluding hydrogens is 184 g/mol. The third-order valence-electron chi connectivity index (χ3n) is 3.10. The van der Waals surface area contributed by atoms with Gasteiger partial charge in [0.25, 0.3) is 0 Å². The zero-order chi connectivity index (χ0) is 9.97. The molecule has 0 nitrogen and oxygen atoms in total. The van der Waals surface area contributed by atoms with Crippen LogP contribution in [0.25, 0.3) is 0 Å². The van der Waals surface area contributed by atoms with Crippen LogP contribution in [0.2, 0.25) is 13.1 Å². The topological polar surface area (TPSA) is 0 Å². The fraction of sp³-hybridized carbons (Fsp3) is 0.385. The second-order valence-electron chi connectivity index (χ2n) is 4.48. The molecule has 1 heteroatoms. The second kappa shape index (κ2) is 4.14. The van der Waals surface area contributed by atoms with Crippen LogP contribution < -0.4 is 0 Å². The van der Waals surface area contributed by atoms with Crippen molar-refractivity contribution in [1.82, 2.24) is 0 Å². The lowest BCUT2D eigenvalue weighted by molar-refractivity contribution is 0.588. The van der Waals surface area contributed by atoms with E-state index in [4.69, 9.17) is 0 Å². The Balaban J connectivity index is 1.98. The molecule has 1 unspecified atom stereocenters. The van der Waals surface area contributed by atoms with Gasteiger partial charge < -0.3 is 0 Å². The normalized spacial score (nSPS) is 20.5. The molecule has 1 aromatic carbocycles. The highest BCUT2D eigenvalue weighted by molar-refractivity contribution is 6.64. The molecular formula is C13H18Si. The number of hydrogen-bond acceptors (Lipinski definition) is 0. The number of hydrogen-bond donors (Lipinski definition) is 0. The lowest BCUT2D eigenvalue weighted by atomic mass is 9.88. The Bertz CT molecular complexity index is 324. The van der Waals surface area contributed by atoms with Crippen molar-refractivity contribution in [2.75, 3.05) is 0 Å². The van der Waals surface area contributed by atoms with E-state index in [9.17, 15) is 0 Å². The molecule has 0 N–H and O–H groups in total. The van der Waals surface area contributed by atoms with Crippen molar-refractivity contribution < 1.29 is 0 Å². The van der Waals surface area contributed by atoms with Gasteiger partial charge in [0.2, 0.25) is 0 Å². The molecule has 0 aliphatic heterocycles. The summed E-state index contributed by atoms with van der Waals surface area (Å²) in [6.07, 6.45) is 5.04. The molecule has 0 amide bonds. The summed E-state index contributed by atoms with van der Waals surface area (Å²) < 4.78 is 0. The van der Waals surface area contributed by atoms with Gasteiger partial charge in [-0.1, -0.05) is 54.7 Å². The summed E-state index contributed by atoms with van der Waals surface area (Å²) >= 11 is 0. The van der Waals surface area contributed by atoms with Crippen LogP contribution in [-0.2, 0) is 6.42 Å². The number of benzene rings is 1. The average molecular weight is 202 g/mol. The molecule has 0 saturated heterocycles. The quantitative estimate of drug-likeness (QED) is 0.660. The van der Waals surface area contributed by atoms with Crippen LogP contribution in [0.4, 0.5) is 0 Å². The molecule has 0 bridgehead atoms. The maximum atomic E-state index is 2.46. The van der Waals surface area contributed by atoms with Crippen LogP contribution in [0, 0.1) is 5.92 Å². The van der Waals surface area contributed by atoms with E-state index in [1.165, 1.54) is 18.4 Å². The molecule has 1 atom stereocenters. The van der Waals surface area contributed by atoms with Gasteiger partial charge in [-0.3, -0.25) is 0 Å². The van der Waals surface area contributed by atoms with Crippen molar-refractivity contribution in [1.29, 1.82) is 0 Å². The van der Waals surface area contributed by atoms with E-state index in [1.807, 2.05) is 0 Å². The van der Waals surface area contributed by atoms with Crippen LogP contribution in [-0.4, -0.2) is 8.80 Å². The zero-order valence-electron chi connectivity index (χ0n) is 9.03. The van der Waals surface area contributed by atoms with E-state index >= 15 is 0 Å². The fourth-order valence-electron chi connectivity index (χ4n) is 2.23. The molecule has 0 heterocycles. The predicted molar refractivity (Wildman–Crippen MR) is 65.2 cm³/mol. The summed E-state index contributed by atoms with van der Waals surface area (Å²) in [6.45, 7) is 4.87. The first-order valence-electron chi connectivity index (χ1n) is 5.51. The first kappa shape index (κ1) is 9.72. The van der Waals surface area contributed by atoms with Gasteiger partial charge in [0, 0.05) is 0 Å². The molecule has 14 heavy (non-hydrogen) atoms. The van der Waals surface area contributed by atoms with Crippen LogP contribution in [0.3, 0.4) is 0 Å². The van der Waals surface area contributed by atoms with E-state index in [1.54, 1.807) is 5.20 Å². The van der Waals surface area contributed by atoms with E-state index < -0.39 is 8.80 Å². The first-order valence-corrected chi connectivity index (χ1v) is 8.40. The van der Waals surface area contributed by atoms with Gasteiger partial charge in [0.05, 0.1) is 8.80 Å². The minimum absolute atomic E-state index is 0.516. The lowest BCUT2D eigenvalue weighted by Crippen LogP contribution is -2.24. The maximum absolute atomic E-state index is 2.46. The Morgan fingerprint density at radius 1 is 1.21 bits per heavy atom. The van der Waals surface area contributed by atoms with E-state index in [0.717, 1.165) is 5.92 Å². The van der Waals surface area contributed by atoms with Crippen LogP contribution in [0.15, 0.2) is 41.6 Å². The van der Waals surface area contributed by atoms with Gasteiger partial charge in [0.15, 0.2) is 0 Å². The standard InChI is InChI=1S/C13H18Si/c1-14(2)13-9-8-12(13)10-11-6-4-3-5-7-11/h3-7,9,12,14H,8,10H2,1-2H3. The largest absolute Gasteiger partial charge is 0.0886 e. The summed E-state index contributed by atoms with van der Waals surface area (Å²) in [5, 5.41) is 1.80. The van der Waals surface area contributed by atoms with E-state index in [-0.39, 0.29) is 0 Å². The van der Waals surface area contributed by atoms with Gasteiger partial charge in [-0.05, 0) is 24.3 Å². The third-order valence-corrected chi connectivity index (χ3v) is 5.14. The Kier molecular flexibility index (Phi) is 2.87. The van der Waals surface area contributed by atoms with Crippen molar-refractivity contribution in [3.8, 4) is 0 Å². The molecule has 2 rings (SSSR count). The number of rotatable bonds is 3. The smallest absolute Gasteiger partial charge is 0.0595 e. The third kappa shape index (κ3) is 1.98. The SMILES string of the molecule is C[SiH](C)C1=CCC1Cc1ccccc1. The predicted octanol–water partition coefficient (Wildman–Crippen LogP) is 3.20. The van der Waals surface area contributed by atoms with Crippen molar-refractivity contribution in [3.05, 3.63) is 47.2 Å².